The van der Waals surface area contributed by atoms with Crippen LogP contribution in [0.15, 0.2) is 48.5 Å². The van der Waals surface area contributed by atoms with Crippen LogP contribution in [0.1, 0.15) is 93.4 Å². The maximum Gasteiger partial charge on any atom is 0.251 e. The van der Waals surface area contributed by atoms with Crippen molar-refractivity contribution in [3.63, 3.8) is 0 Å². The number of nitrogens with zero attached hydrogens (tertiary/aromatic N) is 1. The summed E-state index contributed by atoms with van der Waals surface area (Å²) in [6, 6.07) is 14.2. The van der Waals surface area contributed by atoms with Crippen LogP contribution in [0.5, 0.6) is 5.75 Å². The van der Waals surface area contributed by atoms with Gasteiger partial charge in [0.05, 0.1) is 18.5 Å². The highest BCUT2D eigenvalue weighted by Gasteiger charge is 2.42. The number of guanidine groups is 1. The predicted molar refractivity (Wildman–Crippen MR) is 144 cm³/mol. The number of nitrogens with one attached hydrogen (secondary N) is 3. The van der Waals surface area contributed by atoms with Crippen LogP contribution in [0, 0.1) is 17.8 Å². The Bertz CT molecular complexity index is 1220. The summed E-state index contributed by atoms with van der Waals surface area (Å²) in [6.07, 6.45) is 8.34. The molecule has 7 heteroatoms. The van der Waals surface area contributed by atoms with Crippen molar-refractivity contribution in [2.75, 3.05) is 0 Å². The molecule has 1 unspecified atom stereocenters. The van der Waals surface area contributed by atoms with E-state index in [1.165, 1.54) is 4.90 Å². The van der Waals surface area contributed by atoms with Gasteiger partial charge >= 0.3 is 0 Å². The van der Waals surface area contributed by atoms with Gasteiger partial charge in [-0.2, -0.15) is 0 Å². The third-order valence-electron chi connectivity index (χ3n) is 7.57. The number of amides is 2. The van der Waals surface area contributed by atoms with Crippen LogP contribution in [0.25, 0.3) is 0 Å². The van der Waals surface area contributed by atoms with Crippen LogP contribution in [-0.4, -0.2) is 33.8 Å². The molecule has 4 rings (SSSR count). The Balaban J connectivity index is 1.59. The number of hydrogen-bond donors (Lipinski definition) is 3. The van der Waals surface area contributed by atoms with Gasteiger partial charge in [-0.1, -0.05) is 44.2 Å². The molecule has 2 heterocycles. The molecule has 0 saturated carbocycles. The van der Waals surface area contributed by atoms with Crippen molar-refractivity contribution >= 4 is 17.8 Å². The normalized spacial score (nSPS) is 20.6. The minimum absolute atomic E-state index is 0.0519. The molecule has 37 heavy (non-hydrogen) atoms. The number of carbonyl (C=O) groups is 2. The van der Waals surface area contributed by atoms with Crippen molar-refractivity contribution in [2.24, 2.45) is 0 Å². The van der Waals surface area contributed by atoms with Crippen LogP contribution < -0.4 is 15.4 Å². The second kappa shape index (κ2) is 10.3. The summed E-state index contributed by atoms with van der Waals surface area (Å²) < 4.78 is 6.10. The van der Waals surface area contributed by atoms with E-state index in [0.717, 1.165) is 29.7 Å². The van der Waals surface area contributed by atoms with Gasteiger partial charge in [0.2, 0.25) is 5.91 Å². The number of ether oxygens (including phenoxy) is 1. The van der Waals surface area contributed by atoms with Crippen molar-refractivity contribution in [3.8, 4) is 18.1 Å². The van der Waals surface area contributed by atoms with E-state index in [9.17, 15) is 9.59 Å². The predicted octanol–water partition coefficient (Wildman–Crippen LogP) is 5.10. The number of terminal acetylenes is 1. The Labute approximate surface area is 219 Å². The maximum absolute atomic E-state index is 13.4. The van der Waals surface area contributed by atoms with Crippen LogP contribution in [0.3, 0.4) is 0 Å². The minimum atomic E-state index is -0.542. The molecule has 1 fully saturated rings. The molecule has 194 valence electrons. The van der Waals surface area contributed by atoms with E-state index in [0.29, 0.717) is 18.4 Å². The summed E-state index contributed by atoms with van der Waals surface area (Å²) in [5, 5.41) is 15.1. The van der Waals surface area contributed by atoms with E-state index < -0.39 is 17.2 Å². The first-order valence-corrected chi connectivity index (χ1v) is 12.9. The SMILES string of the molecule is C#CC[C@H](c1cccc(C(=O)NC2CC(C)(C)Oc3ccccc32)c1)N1C(=N)NC(CC)(CC)CC1=O. The van der Waals surface area contributed by atoms with Crippen molar-refractivity contribution in [1.82, 2.24) is 15.5 Å². The highest BCUT2D eigenvalue weighted by atomic mass is 16.5. The average Bonchev–Trinajstić information content (AvgIpc) is 2.87. The van der Waals surface area contributed by atoms with Gasteiger partial charge in [-0.3, -0.25) is 19.9 Å². The third-order valence-corrected chi connectivity index (χ3v) is 7.57. The van der Waals surface area contributed by atoms with Gasteiger partial charge in [0.25, 0.3) is 5.91 Å². The molecule has 2 amide bonds. The van der Waals surface area contributed by atoms with Gasteiger partial charge in [0.1, 0.15) is 11.4 Å². The maximum atomic E-state index is 13.4. The van der Waals surface area contributed by atoms with Gasteiger partial charge in [-0.25, -0.2) is 0 Å². The number of carbonyl (C=O) groups excluding carboxylic acids is 2. The average molecular weight is 501 g/mol. The molecule has 2 aliphatic heterocycles. The summed E-state index contributed by atoms with van der Waals surface area (Å²) >= 11 is 0. The zero-order valence-corrected chi connectivity index (χ0v) is 22.1. The van der Waals surface area contributed by atoms with Crippen LogP contribution in [0.2, 0.25) is 0 Å². The quantitative estimate of drug-likeness (QED) is 0.461. The van der Waals surface area contributed by atoms with Gasteiger partial charge in [-0.05, 0) is 50.5 Å². The largest absolute Gasteiger partial charge is 0.487 e. The first-order valence-electron chi connectivity index (χ1n) is 12.9. The highest BCUT2D eigenvalue weighted by Crippen LogP contribution is 2.39. The van der Waals surface area contributed by atoms with E-state index >= 15 is 0 Å². The summed E-state index contributed by atoms with van der Waals surface area (Å²) in [7, 11) is 0. The van der Waals surface area contributed by atoms with Gasteiger partial charge in [0, 0.05) is 29.5 Å². The lowest BCUT2D eigenvalue weighted by Gasteiger charge is -2.44. The van der Waals surface area contributed by atoms with E-state index in [1.54, 1.807) is 18.2 Å². The molecule has 1 saturated heterocycles. The topological polar surface area (TPSA) is 94.5 Å². The molecule has 2 aromatic carbocycles. The summed E-state index contributed by atoms with van der Waals surface area (Å²) in [5.41, 5.74) is 1.31. The smallest absolute Gasteiger partial charge is 0.251 e. The molecule has 3 N–H and O–H groups in total. The lowest BCUT2D eigenvalue weighted by molar-refractivity contribution is -0.132. The van der Waals surface area contributed by atoms with Crippen molar-refractivity contribution in [3.05, 3.63) is 65.2 Å². The lowest BCUT2D eigenvalue weighted by atomic mass is 9.86. The fourth-order valence-corrected chi connectivity index (χ4v) is 5.39. The zero-order valence-electron chi connectivity index (χ0n) is 22.1. The molecule has 7 nitrogen and oxygen atoms in total. The molecule has 0 bridgehead atoms. The number of para-hydroxylation sites is 1. The molecule has 2 aromatic rings. The highest BCUT2D eigenvalue weighted by molar-refractivity contribution is 6.00. The molecule has 0 aliphatic carbocycles. The lowest BCUT2D eigenvalue weighted by Crippen LogP contribution is -2.62. The Morgan fingerprint density at radius 2 is 1.97 bits per heavy atom. The number of rotatable bonds is 7. The van der Waals surface area contributed by atoms with Crippen molar-refractivity contribution in [2.45, 2.75) is 83.0 Å². The monoisotopic (exact) mass is 500 g/mol. The minimum Gasteiger partial charge on any atom is -0.487 e. The van der Waals surface area contributed by atoms with E-state index in [-0.39, 0.29) is 30.2 Å². The van der Waals surface area contributed by atoms with E-state index in [2.05, 4.69) is 16.6 Å². The first kappa shape index (κ1) is 26.3. The molecular weight excluding hydrogens is 464 g/mol. The standard InChI is InChI=1S/C30H36N4O3/c1-6-12-24(34-26(35)19-30(7-2,8-3)33-28(34)31)20-13-11-14-21(17-20)27(36)32-23-18-29(4,5)37-25-16-10-9-15-22(23)25/h1,9-11,13-17,23-24H,7-8,12,18-19H2,2-5H3,(H2,31,33)(H,32,36)/t23?,24-/m1/s1. The summed E-state index contributed by atoms with van der Waals surface area (Å²) in [4.78, 5) is 28.1. The molecule has 2 aliphatic rings. The summed E-state index contributed by atoms with van der Waals surface area (Å²) in [6.45, 7) is 8.06. The number of benzene rings is 2. The third kappa shape index (κ3) is 5.34. The first-order chi connectivity index (χ1) is 17.6. The molecule has 0 aromatic heterocycles. The molecule has 2 atom stereocenters. The Hall–Kier alpha value is -3.79. The Kier molecular flexibility index (Phi) is 7.31. The summed E-state index contributed by atoms with van der Waals surface area (Å²) in [5.74, 6) is 3.13. The second-order valence-corrected chi connectivity index (χ2v) is 10.6. The van der Waals surface area contributed by atoms with Crippen LogP contribution >= 0.6 is 0 Å². The molecule has 0 spiro atoms. The van der Waals surface area contributed by atoms with Gasteiger partial charge in [-0.15, -0.1) is 12.3 Å². The number of fused-ring (bicyclic) bond motifs is 1. The van der Waals surface area contributed by atoms with E-state index in [4.69, 9.17) is 16.6 Å². The van der Waals surface area contributed by atoms with Gasteiger partial charge < -0.3 is 15.4 Å². The second-order valence-electron chi connectivity index (χ2n) is 10.6. The zero-order chi connectivity index (χ0) is 26.8. The Morgan fingerprint density at radius 3 is 2.65 bits per heavy atom. The molecular formula is C30H36N4O3. The van der Waals surface area contributed by atoms with Crippen molar-refractivity contribution in [1.29, 1.82) is 5.41 Å². The van der Waals surface area contributed by atoms with Crippen LogP contribution in [0.4, 0.5) is 0 Å². The van der Waals surface area contributed by atoms with Crippen LogP contribution in [-0.2, 0) is 4.79 Å². The van der Waals surface area contributed by atoms with Crippen molar-refractivity contribution < 1.29 is 14.3 Å². The molecule has 0 radical (unpaired) electrons. The van der Waals surface area contributed by atoms with E-state index in [1.807, 2.05) is 58.0 Å². The van der Waals surface area contributed by atoms with Gasteiger partial charge in [0.15, 0.2) is 5.96 Å². The fourth-order valence-electron chi connectivity index (χ4n) is 5.39. The Morgan fingerprint density at radius 1 is 1.24 bits per heavy atom. The fraction of sp³-hybridized carbons (Fsp3) is 0.433. The number of hydrogen-bond acceptors (Lipinski definition) is 4.